The summed E-state index contributed by atoms with van der Waals surface area (Å²) in [6.45, 7) is 4.47. The summed E-state index contributed by atoms with van der Waals surface area (Å²) in [5, 5.41) is 13.4. The van der Waals surface area contributed by atoms with Gasteiger partial charge in [-0.05, 0) is 6.92 Å². The van der Waals surface area contributed by atoms with Crippen LogP contribution in [0.15, 0.2) is 0 Å². The van der Waals surface area contributed by atoms with Crippen molar-refractivity contribution in [3.05, 3.63) is 17.7 Å². The predicted octanol–water partition coefficient (Wildman–Crippen LogP) is -3.84. The van der Waals surface area contributed by atoms with E-state index in [1.54, 1.807) is 6.92 Å². The van der Waals surface area contributed by atoms with E-state index in [4.69, 9.17) is 36.5 Å². The Balaban J connectivity index is 0. The minimum absolute atomic E-state index is 0. The molecule has 6 nitrogen and oxygen atoms in total. The molecule has 0 aromatic heterocycles. The van der Waals surface area contributed by atoms with Gasteiger partial charge in [0.1, 0.15) is 13.9 Å². The van der Waals surface area contributed by atoms with Crippen molar-refractivity contribution >= 4 is 71.0 Å². The predicted molar refractivity (Wildman–Crippen MR) is 98.8 cm³/mol. The molecule has 0 bridgehead atoms. The molecule has 2 amide bonds. The van der Waals surface area contributed by atoms with Crippen molar-refractivity contribution in [2.75, 3.05) is 0 Å². The third kappa shape index (κ3) is 8.47. The summed E-state index contributed by atoms with van der Waals surface area (Å²) in [5.74, 6) is -2.15. The third-order valence-electron chi connectivity index (χ3n) is 3.66. The summed E-state index contributed by atoms with van der Waals surface area (Å²) in [7, 11) is 23.3. The van der Waals surface area contributed by atoms with Crippen LogP contribution < -0.4 is 32.5 Å². The number of carboxylic acids is 1. The van der Waals surface area contributed by atoms with Crippen molar-refractivity contribution in [3.8, 4) is 0 Å². The fourth-order valence-electron chi connectivity index (χ4n) is 2.04. The number of aliphatic carboxylic acids is 1. The van der Waals surface area contributed by atoms with Gasteiger partial charge >= 0.3 is 5.97 Å². The maximum Gasteiger partial charge on any atom is 0.303 e. The van der Waals surface area contributed by atoms with E-state index in [9.17, 15) is 14.4 Å². The number of carboxylic acid groups (broad SMARTS) is 1. The quantitative estimate of drug-likeness (QED) is 0.260. The summed E-state index contributed by atoms with van der Waals surface area (Å²) < 4.78 is 0. The Hall–Kier alpha value is -0.0325. The summed E-state index contributed by atoms with van der Waals surface area (Å²) in [5.41, 5.74) is 1.73. The number of hydrogen-bond donors (Lipinski definition) is 3. The molecular formula is C15H15B4N2O4Y2-. The Kier molecular flexibility index (Phi) is 14.3. The van der Waals surface area contributed by atoms with Crippen molar-refractivity contribution < 1.29 is 84.9 Å². The molecule has 0 aliphatic rings. The van der Waals surface area contributed by atoms with Crippen LogP contribution in [0.3, 0.4) is 0 Å². The van der Waals surface area contributed by atoms with Gasteiger partial charge in [-0.3, -0.25) is 14.4 Å². The van der Waals surface area contributed by atoms with E-state index in [0.717, 1.165) is 0 Å². The maximum absolute atomic E-state index is 12.0. The van der Waals surface area contributed by atoms with Gasteiger partial charge in [0, 0.05) is 79.7 Å². The van der Waals surface area contributed by atoms with Crippen LogP contribution in [0.25, 0.3) is 0 Å². The number of benzene rings is 1. The summed E-state index contributed by atoms with van der Waals surface area (Å²) in [4.78, 5) is 34.0. The average Bonchev–Trinajstić information content (AvgIpc) is 2.56. The standard InChI is InChI=1S/C15H15B4N2O4.2Y/c1-6-8(12(17)14(19)13(18)11(6)16)5-20-15(25)7(2)21-9(22)3-4-10(23)24;;/h5,7H,3-4H2,1-2H3,(H,20,25)(H,21,22)(H,23,24);;/q-1;;. The van der Waals surface area contributed by atoms with Crippen molar-refractivity contribution in [1.82, 2.24) is 10.6 Å². The molecule has 1 atom stereocenters. The van der Waals surface area contributed by atoms with Crippen molar-refractivity contribution in [3.63, 3.8) is 0 Å². The summed E-state index contributed by atoms with van der Waals surface area (Å²) in [6, 6.07) is -0.873. The molecule has 1 rings (SSSR count). The molecule has 0 saturated heterocycles. The van der Waals surface area contributed by atoms with Crippen LogP contribution in [0.2, 0.25) is 0 Å². The maximum atomic E-state index is 12.0. The zero-order chi connectivity index (χ0) is 19.3. The Morgan fingerprint density at radius 2 is 1.52 bits per heavy atom. The van der Waals surface area contributed by atoms with Crippen LogP contribution in [0.4, 0.5) is 0 Å². The average molecular weight is 508 g/mol. The molecule has 0 aliphatic carbocycles. The number of amides is 2. The zero-order valence-electron chi connectivity index (χ0n) is 15.2. The number of rotatable bonds is 7. The number of carbonyl (C=O) groups excluding carboxylic acids is 2. The molecule has 0 spiro atoms. The zero-order valence-corrected chi connectivity index (χ0v) is 20.9. The molecule has 0 heterocycles. The molecule has 128 valence electrons. The van der Waals surface area contributed by atoms with E-state index >= 15 is 0 Å². The van der Waals surface area contributed by atoms with Crippen LogP contribution in [0, 0.1) is 13.5 Å². The second-order valence-corrected chi connectivity index (χ2v) is 5.53. The van der Waals surface area contributed by atoms with E-state index in [1.807, 2.05) is 0 Å². The van der Waals surface area contributed by atoms with Gasteiger partial charge in [-0.2, -0.15) is 27.5 Å². The Morgan fingerprint density at radius 1 is 1.00 bits per heavy atom. The van der Waals surface area contributed by atoms with Crippen LogP contribution in [0.1, 0.15) is 30.9 Å². The molecule has 1 aromatic rings. The van der Waals surface area contributed by atoms with Crippen LogP contribution in [-0.4, -0.2) is 60.3 Å². The molecule has 0 aliphatic heterocycles. The summed E-state index contributed by atoms with van der Waals surface area (Å²) in [6.07, 6.45) is -0.528. The van der Waals surface area contributed by atoms with Crippen LogP contribution in [0.5, 0.6) is 0 Å². The molecule has 3 N–H and O–H groups in total. The van der Waals surface area contributed by atoms with E-state index in [-0.39, 0.29) is 100 Å². The second-order valence-electron chi connectivity index (χ2n) is 5.53. The number of carbonyl (C=O) groups is 3. The van der Waals surface area contributed by atoms with Gasteiger partial charge in [-0.1, -0.05) is 13.5 Å². The number of nitrogens with one attached hydrogen (secondary N) is 2. The van der Waals surface area contributed by atoms with Gasteiger partial charge in [0.05, 0.1) is 22.1 Å². The fourth-order valence-corrected chi connectivity index (χ4v) is 2.04. The molecule has 27 heavy (non-hydrogen) atoms. The van der Waals surface area contributed by atoms with Gasteiger partial charge in [-0.25, -0.2) is 0 Å². The second kappa shape index (κ2) is 13.2. The smallest absolute Gasteiger partial charge is 0.303 e. The van der Waals surface area contributed by atoms with E-state index in [2.05, 4.69) is 10.6 Å². The topological polar surface area (TPSA) is 95.5 Å². The first-order chi connectivity index (χ1) is 11.6. The van der Waals surface area contributed by atoms with Gasteiger partial charge in [0.2, 0.25) is 11.8 Å². The first kappa shape index (κ1) is 29.2. The van der Waals surface area contributed by atoms with Gasteiger partial charge < -0.3 is 15.7 Å². The molecule has 1 unspecified atom stereocenters. The Labute approximate surface area is 214 Å². The Morgan fingerprint density at radius 3 is 2.04 bits per heavy atom. The summed E-state index contributed by atoms with van der Waals surface area (Å²) >= 11 is 0. The molecule has 0 fully saturated rings. The van der Waals surface area contributed by atoms with Crippen LogP contribution >= 0.6 is 0 Å². The van der Waals surface area contributed by atoms with Crippen LogP contribution in [-0.2, 0) is 79.8 Å². The molecule has 1 aromatic carbocycles. The van der Waals surface area contributed by atoms with Gasteiger partial charge in [0.25, 0.3) is 0 Å². The SMILES string of the molecule is [B]c1c([B])c([B])c([CH-]NC(=O)C(C)NC(=O)CCC(=O)O)c(C)c1[B].[Y].[Y]. The van der Waals surface area contributed by atoms with Gasteiger partial charge in [-0.15, -0.1) is 5.46 Å². The first-order valence-electron chi connectivity index (χ1n) is 7.43. The minimum Gasteiger partial charge on any atom is -0.481 e. The van der Waals surface area contributed by atoms with Crippen molar-refractivity contribution in [1.29, 1.82) is 0 Å². The third-order valence-corrected chi connectivity index (χ3v) is 3.66. The normalized spacial score (nSPS) is 10.6. The minimum atomic E-state index is -1.09. The molecule has 0 saturated carbocycles. The monoisotopic (exact) mass is 509 g/mol. The molecule has 10 radical (unpaired) electrons. The van der Waals surface area contributed by atoms with E-state index < -0.39 is 23.8 Å². The fraction of sp³-hybridized carbons (Fsp3) is 0.333. The Bertz CT molecular complexity index is 691. The van der Waals surface area contributed by atoms with Gasteiger partial charge in [0.15, 0.2) is 0 Å². The number of hydrogen-bond acceptors (Lipinski definition) is 3. The van der Waals surface area contributed by atoms with E-state index in [1.165, 1.54) is 13.5 Å². The molecular weight excluding hydrogens is 493 g/mol. The molecule has 12 heteroatoms. The largest absolute Gasteiger partial charge is 0.481 e. The van der Waals surface area contributed by atoms with E-state index in [0.29, 0.717) is 11.1 Å². The van der Waals surface area contributed by atoms with Crippen molar-refractivity contribution in [2.24, 2.45) is 0 Å². The van der Waals surface area contributed by atoms with Crippen molar-refractivity contribution in [2.45, 2.75) is 32.7 Å². The first-order valence-corrected chi connectivity index (χ1v) is 7.43.